The van der Waals surface area contributed by atoms with Crippen molar-refractivity contribution in [3.8, 4) is 11.9 Å². The van der Waals surface area contributed by atoms with Gasteiger partial charge < -0.3 is 4.74 Å². The van der Waals surface area contributed by atoms with Gasteiger partial charge in [-0.2, -0.15) is 10.2 Å². The van der Waals surface area contributed by atoms with Crippen LogP contribution in [0.1, 0.15) is 25.3 Å². The molecule has 2 aromatic heterocycles. The van der Waals surface area contributed by atoms with Crippen LogP contribution < -0.4 is 4.74 Å². The molecule has 0 spiro atoms. The highest BCUT2D eigenvalue weighted by Crippen LogP contribution is 2.47. The Morgan fingerprint density at radius 3 is 2.82 bits per heavy atom. The predicted octanol–water partition coefficient (Wildman–Crippen LogP) is 1.22. The van der Waals surface area contributed by atoms with Gasteiger partial charge in [0.15, 0.2) is 9.84 Å². The summed E-state index contributed by atoms with van der Waals surface area (Å²) in [4.78, 5) is 14.7. The van der Waals surface area contributed by atoms with Crippen molar-refractivity contribution in [2.45, 2.75) is 30.2 Å². The van der Waals surface area contributed by atoms with E-state index in [1.807, 2.05) is 0 Å². The Hall–Kier alpha value is -2.40. The molecule has 0 radical (unpaired) electrons. The van der Waals surface area contributed by atoms with E-state index in [1.54, 1.807) is 18.3 Å². The fraction of sp³-hybridized carbons (Fsp3) is 0.357. The smallest absolute Gasteiger partial charge is 0.299 e. The minimum atomic E-state index is -3.62. The van der Waals surface area contributed by atoms with E-state index < -0.39 is 15.3 Å². The number of imidazole rings is 1. The highest BCUT2D eigenvalue weighted by atomic mass is 32.2. The van der Waals surface area contributed by atoms with E-state index in [1.165, 1.54) is 11.3 Å². The lowest BCUT2D eigenvalue weighted by atomic mass is 9.99. The van der Waals surface area contributed by atoms with Crippen molar-refractivity contribution in [3.05, 3.63) is 23.9 Å². The summed E-state index contributed by atoms with van der Waals surface area (Å²) in [5.41, 5.74) is 0.636. The summed E-state index contributed by atoms with van der Waals surface area (Å²) in [5.74, 6) is -0.379. The van der Waals surface area contributed by atoms with Crippen molar-refractivity contribution in [3.63, 3.8) is 0 Å². The molecule has 7 nitrogen and oxygen atoms in total. The molecule has 2 aromatic rings. The van der Waals surface area contributed by atoms with Crippen molar-refractivity contribution in [2.24, 2.45) is 0 Å². The largest absolute Gasteiger partial charge is 0.406 e. The monoisotopic (exact) mass is 319 g/mol. The zero-order valence-electron chi connectivity index (χ0n) is 11.8. The number of nitriles is 1. The van der Waals surface area contributed by atoms with Gasteiger partial charge in [0, 0.05) is 6.20 Å². The van der Waals surface area contributed by atoms with Crippen LogP contribution in [0.15, 0.2) is 23.4 Å². The number of ether oxygens (including phenoxy) is 1. The molecule has 0 unspecified atom stereocenters. The van der Waals surface area contributed by atoms with E-state index >= 15 is 0 Å². The lowest BCUT2D eigenvalue weighted by molar-refractivity contribution is -0.121. The van der Waals surface area contributed by atoms with Gasteiger partial charge in [-0.15, -0.1) is 0 Å². The first-order chi connectivity index (χ1) is 10.5. The van der Waals surface area contributed by atoms with E-state index in [-0.39, 0.29) is 23.1 Å². The third-order valence-electron chi connectivity index (χ3n) is 3.90. The fourth-order valence-electron chi connectivity index (χ4n) is 2.43. The standard InChI is InChI=1S/C14H13N3O4S/c1-2-22(19,20)13-12(21-9-18)16-11-7-10(3-6-17(11)13)14(8-15)4-5-14/h3,6-7,9H,2,4-5H2,1H3. The third-order valence-corrected chi connectivity index (χ3v) is 5.62. The Balaban J connectivity index is 2.24. The number of carbonyl (C=O) groups is 1. The number of rotatable bonds is 5. The Bertz CT molecular complexity index is 904. The molecule has 1 fully saturated rings. The molecule has 8 heteroatoms. The predicted molar refractivity (Wildman–Crippen MR) is 76.1 cm³/mol. The van der Waals surface area contributed by atoms with Crippen LogP contribution in [-0.2, 0) is 20.0 Å². The molecule has 1 aliphatic rings. The Morgan fingerprint density at radius 2 is 2.27 bits per heavy atom. The molecule has 0 aliphatic heterocycles. The first kappa shape index (κ1) is 14.5. The van der Waals surface area contributed by atoms with Gasteiger partial charge in [-0.1, -0.05) is 6.92 Å². The Kier molecular flexibility index (Phi) is 3.18. The van der Waals surface area contributed by atoms with E-state index in [2.05, 4.69) is 11.1 Å². The molecule has 0 atom stereocenters. The number of nitrogens with zero attached hydrogens (tertiary/aromatic N) is 3. The van der Waals surface area contributed by atoms with Crippen LogP contribution in [0.4, 0.5) is 0 Å². The average molecular weight is 319 g/mol. The molecule has 0 amide bonds. The van der Waals surface area contributed by atoms with Crippen molar-refractivity contribution in [1.82, 2.24) is 9.38 Å². The van der Waals surface area contributed by atoms with Gasteiger partial charge in [0.1, 0.15) is 5.65 Å². The number of pyridine rings is 1. The lowest BCUT2D eigenvalue weighted by Gasteiger charge is -2.07. The van der Waals surface area contributed by atoms with E-state index in [0.29, 0.717) is 5.65 Å². The van der Waals surface area contributed by atoms with Crippen LogP contribution in [0, 0.1) is 11.3 Å². The summed E-state index contributed by atoms with van der Waals surface area (Å²) in [6, 6.07) is 5.66. The van der Waals surface area contributed by atoms with Crippen LogP contribution in [-0.4, -0.2) is 30.0 Å². The number of aromatic nitrogens is 2. The summed E-state index contributed by atoms with van der Waals surface area (Å²) < 4.78 is 30.5. The lowest BCUT2D eigenvalue weighted by Crippen LogP contribution is -2.10. The number of carbonyl (C=O) groups excluding carboxylic acids is 1. The quantitative estimate of drug-likeness (QED) is 0.768. The maximum Gasteiger partial charge on any atom is 0.299 e. The third kappa shape index (κ3) is 2.05. The zero-order valence-corrected chi connectivity index (χ0v) is 12.6. The van der Waals surface area contributed by atoms with E-state index in [0.717, 1.165) is 18.4 Å². The van der Waals surface area contributed by atoms with Gasteiger partial charge in [0.25, 0.3) is 12.4 Å². The maximum absolute atomic E-state index is 12.2. The topological polar surface area (TPSA) is 102 Å². The highest BCUT2D eigenvalue weighted by Gasteiger charge is 2.45. The van der Waals surface area contributed by atoms with Crippen LogP contribution in [0.25, 0.3) is 5.65 Å². The minimum Gasteiger partial charge on any atom is -0.406 e. The molecular formula is C14H13N3O4S. The first-order valence-electron chi connectivity index (χ1n) is 6.74. The molecule has 3 rings (SSSR count). The van der Waals surface area contributed by atoms with Gasteiger partial charge in [-0.3, -0.25) is 9.20 Å². The Morgan fingerprint density at radius 1 is 1.55 bits per heavy atom. The van der Waals surface area contributed by atoms with Crippen LogP contribution in [0.3, 0.4) is 0 Å². The number of sulfone groups is 1. The molecular weight excluding hydrogens is 306 g/mol. The van der Waals surface area contributed by atoms with Crippen LogP contribution in [0.2, 0.25) is 0 Å². The SMILES string of the molecule is CCS(=O)(=O)c1c(OC=O)nc2cc(C3(C#N)CC3)ccn12. The normalized spacial score (nSPS) is 16.2. The van der Waals surface area contributed by atoms with Crippen molar-refractivity contribution in [2.75, 3.05) is 5.75 Å². The number of hydrogen-bond acceptors (Lipinski definition) is 6. The number of hydrogen-bond donors (Lipinski definition) is 0. The Labute approximate surface area is 127 Å². The van der Waals surface area contributed by atoms with Gasteiger partial charge in [-0.05, 0) is 30.5 Å². The molecule has 114 valence electrons. The molecule has 0 aromatic carbocycles. The summed E-state index contributed by atoms with van der Waals surface area (Å²) in [6.45, 7) is 1.65. The molecule has 2 heterocycles. The van der Waals surface area contributed by atoms with Gasteiger partial charge in [0.2, 0.25) is 5.03 Å². The second-order valence-electron chi connectivity index (χ2n) is 5.18. The second kappa shape index (κ2) is 4.81. The molecule has 0 saturated heterocycles. The van der Waals surface area contributed by atoms with Crippen molar-refractivity contribution < 1.29 is 17.9 Å². The zero-order chi connectivity index (χ0) is 16.0. The molecule has 0 bridgehead atoms. The van der Waals surface area contributed by atoms with Crippen molar-refractivity contribution in [1.29, 1.82) is 5.26 Å². The van der Waals surface area contributed by atoms with Crippen LogP contribution >= 0.6 is 0 Å². The summed E-state index contributed by atoms with van der Waals surface area (Å²) >= 11 is 0. The fourth-order valence-corrected chi connectivity index (χ4v) is 3.52. The highest BCUT2D eigenvalue weighted by molar-refractivity contribution is 7.91. The molecule has 22 heavy (non-hydrogen) atoms. The van der Waals surface area contributed by atoms with Crippen LogP contribution in [0.5, 0.6) is 5.88 Å². The first-order valence-corrected chi connectivity index (χ1v) is 8.39. The van der Waals surface area contributed by atoms with Gasteiger partial charge >= 0.3 is 0 Å². The minimum absolute atomic E-state index is 0.139. The van der Waals surface area contributed by atoms with Crippen molar-refractivity contribution >= 4 is 22.0 Å². The van der Waals surface area contributed by atoms with E-state index in [9.17, 15) is 18.5 Å². The number of fused-ring (bicyclic) bond motifs is 1. The average Bonchev–Trinajstić information content (AvgIpc) is 3.22. The maximum atomic E-state index is 12.2. The van der Waals surface area contributed by atoms with E-state index in [4.69, 9.17) is 4.74 Å². The molecule has 1 aliphatic carbocycles. The summed E-state index contributed by atoms with van der Waals surface area (Å²) in [5, 5.41) is 9.10. The second-order valence-corrected chi connectivity index (χ2v) is 7.37. The van der Waals surface area contributed by atoms with Gasteiger partial charge in [0.05, 0.1) is 17.2 Å². The molecule has 0 N–H and O–H groups in total. The summed E-state index contributed by atoms with van der Waals surface area (Å²) in [7, 11) is -3.62. The molecule has 1 saturated carbocycles. The van der Waals surface area contributed by atoms with Gasteiger partial charge in [-0.25, -0.2) is 8.42 Å². The summed E-state index contributed by atoms with van der Waals surface area (Å²) in [6.07, 6.45) is 3.10.